The summed E-state index contributed by atoms with van der Waals surface area (Å²) < 4.78 is 11.5. The van der Waals surface area contributed by atoms with Crippen LogP contribution in [0.4, 0.5) is 0 Å². The van der Waals surface area contributed by atoms with Gasteiger partial charge in [-0.3, -0.25) is 0 Å². The molecule has 3 heteroatoms. The van der Waals surface area contributed by atoms with Crippen LogP contribution >= 0.6 is 0 Å². The van der Waals surface area contributed by atoms with E-state index in [0.717, 1.165) is 24.3 Å². The number of hydrogen-bond acceptors (Lipinski definition) is 3. The second-order valence-corrected chi connectivity index (χ2v) is 4.85. The molecule has 0 bridgehead atoms. The van der Waals surface area contributed by atoms with Gasteiger partial charge in [0.15, 0.2) is 11.5 Å². The maximum atomic E-state index is 6.14. The largest absolute Gasteiger partial charge is 0.493 e. The van der Waals surface area contributed by atoms with Crippen LogP contribution in [0.25, 0.3) is 0 Å². The molecule has 17 heavy (non-hydrogen) atoms. The summed E-state index contributed by atoms with van der Waals surface area (Å²) in [5.74, 6) is 1.61. The van der Waals surface area contributed by atoms with Crippen LogP contribution in [0.15, 0.2) is 18.2 Å². The molecule has 1 aromatic carbocycles. The predicted octanol–water partition coefficient (Wildman–Crippen LogP) is 2.65. The number of hydrogen-bond donors (Lipinski definition) is 1. The van der Waals surface area contributed by atoms with Gasteiger partial charge in [-0.05, 0) is 50.3 Å². The highest BCUT2D eigenvalue weighted by atomic mass is 16.5. The second-order valence-electron chi connectivity index (χ2n) is 4.85. The number of rotatable bonds is 4. The fourth-order valence-corrected chi connectivity index (χ4v) is 2.46. The van der Waals surface area contributed by atoms with Crippen molar-refractivity contribution in [1.82, 2.24) is 0 Å². The lowest BCUT2D eigenvalue weighted by Crippen LogP contribution is -2.40. The Morgan fingerprint density at radius 1 is 1.24 bits per heavy atom. The first-order valence-electron chi connectivity index (χ1n) is 6.23. The van der Waals surface area contributed by atoms with E-state index in [1.165, 1.54) is 18.4 Å². The average Bonchev–Trinajstić information content (AvgIpc) is 2.81. The molecule has 0 aromatic heterocycles. The number of benzene rings is 1. The van der Waals surface area contributed by atoms with Gasteiger partial charge >= 0.3 is 0 Å². The Balaban J connectivity index is 2.22. The van der Waals surface area contributed by atoms with Crippen LogP contribution in [0, 0.1) is 6.92 Å². The number of ether oxygens (including phenoxy) is 2. The Kier molecular flexibility index (Phi) is 3.57. The molecule has 0 spiro atoms. The topological polar surface area (TPSA) is 44.5 Å². The molecule has 0 amide bonds. The molecule has 2 rings (SSSR count). The smallest absolute Gasteiger partial charge is 0.162 e. The molecule has 0 aliphatic heterocycles. The van der Waals surface area contributed by atoms with E-state index in [-0.39, 0.29) is 5.60 Å². The molecular formula is C14H21NO2. The third-order valence-corrected chi connectivity index (χ3v) is 3.53. The van der Waals surface area contributed by atoms with Gasteiger partial charge in [0, 0.05) is 6.54 Å². The van der Waals surface area contributed by atoms with Crippen molar-refractivity contribution in [2.24, 2.45) is 5.73 Å². The van der Waals surface area contributed by atoms with Gasteiger partial charge in [0.1, 0.15) is 5.60 Å². The van der Waals surface area contributed by atoms with E-state index in [1.807, 2.05) is 25.1 Å². The molecule has 3 nitrogen and oxygen atoms in total. The van der Waals surface area contributed by atoms with Crippen LogP contribution in [0.3, 0.4) is 0 Å². The van der Waals surface area contributed by atoms with Gasteiger partial charge in [-0.1, -0.05) is 6.07 Å². The average molecular weight is 235 g/mol. The highest BCUT2D eigenvalue weighted by Gasteiger charge is 2.35. The highest BCUT2D eigenvalue weighted by molar-refractivity contribution is 5.43. The molecule has 1 aliphatic rings. The van der Waals surface area contributed by atoms with Crippen molar-refractivity contribution >= 4 is 0 Å². The van der Waals surface area contributed by atoms with E-state index >= 15 is 0 Å². The molecule has 0 unspecified atom stereocenters. The van der Waals surface area contributed by atoms with E-state index in [4.69, 9.17) is 15.2 Å². The summed E-state index contributed by atoms with van der Waals surface area (Å²) in [6.45, 7) is 2.62. The minimum atomic E-state index is -0.178. The Morgan fingerprint density at radius 2 is 1.94 bits per heavy atom. The van der Waals surface area contributed by atoms with Crippen molar-refractivity contribution in [3.63, 3.8) is 0 Å². The number of methoxy groups -OCH3 is 1. The van der Waals surface area contributed by atoms with E-state index in [2.05, 4.69) is 0 Å². The highest BCUT2D eigenvalue weighted by Crippen LogP contribution is 2.37. The standard InChI is InChI=1S/C14H21NO2/c1-11-5-6-12(13(9-11)16-2)17-14(10-15)7-3-4-8-14/h5-6,9H,3-4,7-8,10,15H2,1-2H3. The molecule has 1 aromatic rings. The number of aryl methyl sites for hydroxylation is 1. The first-order chi connectivity index (χ1) is 8.19. The Labute approximate surface area is 103 Å². The van der Waals surface area contributed by atoms with E-state index < -0.39 is 0 Å². The van der Waals surface area contributed by atoms with Crippen molar-refractivity contribution < 1.29 is 9.47 Å². The van der Waals surface area contributed by atoms with Gasteiger partial charge < -0.3 is 15.2 Å². The van der Waals surface area contributed by atoms with Crippen molar-refractivity contribution in [2.75, 3.05) is 13.7 Å². The first kappa shape index (κ1) is 12.2. The van der Waals surface area contributed by atoms with Gasteiger partial charge in [-0.15, -0.1) is 0 Å². The molecule has 0 saturated heterocycles. The zero-order chi connectivity index (χ0) is 12.3. The molecule has 0 heterocycles. The lowest BCUT2D eigenvalue weighted by atomic mass is 10.0. The normalized spacial score (nSPS) is 18.1. The summed E-state index contributed by atoms with van der Waals surface area (Å²) >= 11 is 0. The molecule has 94 valence electrons. The third kappa shape index (κ3) is 2.55. The van der Waals surface area contributed by atoms with Crippen LogP contribution in [-0.2, 0) is 0 Å². The fourth-order valence-electron chi connectivity index (χ4n) is 2.46. The van der Waals surface area contributed by atoms with Gasteiger partial charge in [0.05, 0.1) is 7.11 Å². The first-order valence-corrected chi connectivity index (χ1v) is 6.23. The van der Waals surface area contributed by atoms with Gasteiger partial charge in [-0.25, -0.2) is 0 Å². The molecule has 1 saturated carbocycles. The van der Waals surface area contributed by atoms with E-state index in [9.17, 15) is 0 Å². The number of nitrogens with two attached hydrogens (primary N) is 1. The third-order valence-electron chi connectivity index (χ3n) is 3.53. The summed E-state index contributed by atoms with van der Waals surface area (Å²) in [4.78, 5) is 0. The lowest BCUT2D eigenvalue weighted by Gasteiger charge is -2.29. The zero-order valence-electron chi connectivity index (χ0n) is 10.7. The molecule has 0 atom stereocenters. The minimum absolute atomic E-state index is 0.178. The summed E-state index contributed by atoms with van der Waals surface area (Å²) in [6.07, 6.45) is 4.48. The summed E-state index contributed by atoms with van der Waals surface area (Å²) in [6, 6.07) is 6.01. The fraction of sp³-hybridized carbons (Fsp3) is 0.571. The van der Waals surface area contributed by atoms with Crippen LogP contribution in [0.2, 0.25) is 0 Å². The summed E-state index contributed by atoms with van der Waals surface area (Å²) in [7, 11) is 1.67. The summed E-state index contributed by atoms with van der Waals surface area (Å²) in [5, 5.41) is 0. The minimum Gasteiger partial charge on any atom is -0.493 e. The predicted molar refractivity (Wildman–Crippen MR) is 68.6 cm³/mol. The molecule has 1 fully saturated rings. The molecule has 2 N–H and O–H groups in total. The van der Waals surface area contributed by atoms with E-state index in [0.29, 0.717) is 6.54 Å². The van der Waals surface area contributed by atoms with Crippen LogP contribution < -0.4 is 15.2 Å². The second kappa shape index (κ2) is 4.96. The van der Waals surface area contributed by atoms with Gasteiger partial charge in [-0.2, -0.15) is 0 Å². The lowest BCUT2D eigenvalue weighted by molar-refractivity contribution is 0.0815. The van der Waals surface area contributed by atoms with Crippen molar-refractivity contribution in [3.05, 3.63) is 23.8 Å². The Hall–Kier alpha value is -1.22. The zero-order valence-corrected chi connectivity index (χ0v) is 10.7. The molecular weight excluding hydrogens is 214 g/mol. The summed E-state index contributed by atoms with van der Waals surface area (Å²) in [5.41, 5.74) is 6.86. The Morgan fingerprint density at radius 3 is 2.53 bits per heavy atom. The van der Waals surface area contributed by atoms with Crippen LogP contribution in [0.1, 0.15) is 31.2 Å². The maximum absolute atomic E-state index is 6.14. The van der Waals surface area contributed by atoms with Crippen LogP contribution in [-0.4, -0.2) is 19.3 Å². The van der Waals surface area contributed by atoms with Crippen molar-refractivity contribution in [2.45, 2.75) is 38.2 Å². The van der Waals surface area contributed by atoms with Crippen LogP contribution in [0.5, 0.6) is 11.5 Å². The quantitative estimate of drug-likeness (QED) is 0.872. The Bertz CT molecular complexity index is 384. The van der Waals surface area contributed by atoms with Crippen molar-refractivity contribution in [3.8, 4) is 11.5 Å². The molecule has 1 aliphatic carbocycles. The monoisotopic (exact) mass is 235 g/mol. The molecule has 0 radical (unpaired) electrons. The maximum Gasteiger partial charge on any atom is 0.162 e. The van der Waals surface area contributed by atoms with Gasteiger partial charge in [0.25, 0.3) is 0 Å². The SMILES string of the molecule is COc1cc(C)ccc1OC1(CN)CCCC1. The van der Waals surface area contributed by atoms with Crippen molar-refractivity contribution in [1.29, 1.82) is 0 Å². The van der Waals surface area contributed by atoms with Gasteiger partial charge in [0.2, 0.25) is 0 Å². The van der Waals surface area contributed by atoms with E-state index in [1.54, 1.807) is 7.11 Å².